The average molecular weight is 255 g/mol. The number of hydrogen-bond donors (Lipinski definition) is 1. The summed E-state index contributed by atoms with van der Waals surface area (Å²) in [7, 11) is -1.43. The number of hydrogen-bond acceptors (Lipinski definition) is 2. The quantitative estimate of drug-likeness (QED) is 0.725. The maximum Gasteiger partial charge on any atom is 0.233 e. The smallest absolute Gasteiger partial charge is 0.233 e. The monoisotopic (exact) mass is 255 g/mol. The molecule has 2 rings (SSSR count). The van der Waals surface area contributed by atoms with Gasteiger partial charge in [0.25, 0.3) is 0 Å². The molecule has 0 aromatic carbocycles. The lowest BCUT2D eigenvalue weighted by Gasteiger charge is -2.11. The Morgan fingerprint density at radius 3 is 2.88 bits per heavy atom. The van der Waals surface area contributed by atoms with Crippen molar-refractivity contribution < 1.29 is 13.4 Å². The highest BCUT2D eigenvalue weighted by Crippen LogP contribution is 2.23. The number of nitrogens with one attached hydrogen (secondary N) is 1. The number of allylic oxidation sites excluding steroid dienone is 5. The summed E-state index contributed by atoms with van der Waals surface area (Å²) in [6, 6.07) is 0. The first-order valence-electron chi connectivity index (χ1n) is 5.46. The maximum absolute atomic E-state index is 13.6. The lowest BCUT2D eigenvalue weighted by Crippen LogP contribution is -2.19. The summed E-state index contributed by atoms with van der Waals surface area (Å²) in [5.41, 5.74) is 1.60. The summed E-state index contributed by atoms with van der Waals surface area (Å²) in [6.45, 7) is 1.87. The van der Waals surface area contributed by atoms with Crippen LogP contribution in [0.15, 0.2) is 35.5 Å². The van der Waals surface area contributed by atoms with Gasteiger partial charge < -0.3 is 0 Å². The van der Waals surface area contributed by atoms with Crippen molar-refractivity contribution in [3.8, 4) is 0 Å². The van der Waals surface area contributed by atoms with Gasteiger partial charge in [0.15, 0.2) is 0 Å². The zero-order chi connectivity index (χ0) is 12.4. The third-order valence-electron chi connectivity index (χ3n) is 2.76. The van der Waals surface area contributed by atoms with E-state index < -0.39 is 22.4 Å². The first-order chi connectivity index (χ1) is 8.06. The normalized spacial score (nSPS) is 38.5. The molecule has 1 amide bonds. The van der Waals surface area contributed by atoms with Gasteiger partial charge in [0.05, 0.1) is 5.25 Å². The summed E-state index contributed by atoms with van der Waals surface area (Å²) in [4.78, 5) is 11.1. The fourth-order valence-corrected chi connectivity index (χ4v) is 3.09. The Morgan fingerprint density at radius 2 is 2.24 bits per heavy atom. The predicted octanol–water partition coefficient (Wildman–Crippen LogP) is 1.71. The summed E-state index contributed by atoms with van der Waals surface area (Å²) in [5.74, 6) is -0.244. The van der Waals surface area contributed by atoms with Gasteiger partial charge in [-0.2, -0.15) is 0 Å². The summed E-state index contributed by atoms with van der Waals surface area (Å²) < 4.78 is 27.6. The Kier molecular flexibility index (Phi) is 3.57. The van der Waals surface area contributed by atoms with Gasteiger partial charge in [0.1, 0.15) is 17.2 Å². The van der Waals surface area contributed by atoms with Crippen molar-refractivity contribution in [1.29, 1.82) is 0 Å². The van der Waals surface area contributed by atoms with Crippen LogP contribution < -0.4 is 4.72 Å². The molecule has 1 saturated heterocycles. The van der Waals surface area contributed by atoms with Gasteiger partial charge in [0, 0.05) is 6.42 Å². The van der Waals surface area contributed by atoms with E-state index >= 15 is 0 Å². The van der Waals surface area contributed by atoms with Crippen molar-refractivity contribution in [3.05, 3.63) is 35.5 Å². The van der Waals surface area contributed by atoms with Crippen LogP contribution in [-0.2, 0) is 15.8 Å². The van der Waals surface area contributed by atoms with E-state index in [0.29, 0.717) is 12.0 Å². The Labute approximate surface area is 102 Å². The van der Waals surface area contributed by atoms with E-state index in [2.05, 4.69) is 4.72 Å². The minimum atomic E-state index is -1.43. The SMILES string of the molecule is C/C1=C/C(F)C=C(C2CC(=O)NS2=O)/C=C\C1. The number of amides is 1. The van der Waals surface area contributed by atoms with Crippen LogP contribution in [0.1, 0.15) is 19.8 Å². The van der Waals surface area contributed by atoms with Crippen LogP contribution in [0.25, 0.3) is 0 Å². The molecule has 0 aromatic heterocycles. The van der Waals surface area contributed by atoms with Gasteiger partial charge >= 0.3 is 0 Å². The van der Waals surface area contributed by atoms with Gasteiger partial charge in [-0.3, -0.25) is 9.52 Å². The molecule has 92 valence electrons. The molecule has 1 heterocycles. The molecule has 1 aliphatic carbocycles. The van der Waals surface area contributed by atoms with Crippen molar-refractivity contribution in [2.75, 3.05) is 0 Å². The second-order valence-electron chi connectivity index (χ2n) is 4.25. The van der Waals surface area contributed by atoms with Gasteiger partial charge in [-0.1, -0.05) is 17.7 Å². The molecule has 0 aromatic rings. The lowest BCUT2D eigenvalue weighted by atomic mass is 10.0. The third kappa shape index (κ3) is 2.91. The largest absolute Gasteiger partial charge is 0.275 e. The standard InChI is InChI=1S/C12H14FNO2S/c1-8-3-2-4-9(6-10(13)5-8)11-7-12(15)14-17(11)16/h2,4-6,10-11H,3,7H2,1H3,(H,14,15)/b4-2-,8-5-,9-6?. The second-order valence-corrected chi connectivity index (χ2v) is 5.61. The molecule has 0 spiro atoms. The van der Waals surface area contributed by atoms with Crippen LogP contribution in [0.2, 0.25) is 0 Å². The van der Waals surface area contributed by atoms with Crippen LogP contribution in [-0.4, -0.2) is 21.5 Å². The molecule has 1 fully saturated rings. The second kappa shape index (κ2) is 4.96. The van der Waals surface area contributed by atoms with E-state index in [0.717, 1.165) is 5.57 Å². The zero-order valence-electron chi connectivity index (χ0n) is 9.48. The van der Waals surface area contributed by atoms with Crippen molar-refractivity contribution in [1.82, 2.24) is 4.72 Å². The number of alkyl halides is 1. The van der Waals surface area contributed by atoms with Gasteiger partial charge in [-0.25, -0.2) is 8.60 Å². The van der Waals surface area contributed by atoms with Crippen molar-refractivity contribution in [2.24, 2.45) is 0 Å². The molecule has 0 radical (unpaired) electrons. The van der Waals surface area contributed by atoms with E-state index in [1.807, 2.05) is 13.0 Å². The molecular formula is C12H14FNO2S. The average Bonchev–Trinajstić information content (AvgIpc) is 2.53. The molecule has 0 bridgehead atoms. The molecule has 1 N–H and O–H groups in total. The van der Waals surface area contributed by atoms with Gasteiger partial charge in [-0.15, -0.1) is 0 Å². The fraction of sp³-hybridized carbons (Fsp3) is 0.417. The van der Waals surface area contributed by atoms with Gasteiger partial charge in [0.2, 0.25) is 5.91 Å². The third-order valence-corrected chi connectivity index (χ3v) is 4.15. The first-order valence-corrected chi connectivity index (χ1v) is 6.67. The Morgan fingerprint density at radius 1 is 1.47 bits per heavy atom. The maximum atomic E-state index is 13.6. The topological polar surface area (TPSA) is 46.2 Å². The predicted molar refractivity (Wildman–Crippen MR) is 65.2 cm³/mol. The van der Waals surface area contributed by atoms with Crippen LogP contribution in [0, 0.1) is 0 Å². The van der Waals surface area contributed by atoms with Crippen molar-refractivity contribution >= 4 is 16.9 Å². The van der Waals surface area contributed by atoms with Crippen LogP contribution in [0.5, 0.6) is 0 Å². The van der Waals surface area contributed by atoms with E-state index in [9.17, 15) is 13.4 Å². The molecule has 3 atom stereocenters. The van der Waals surface area contributed by atoms with Gasteiger partial charge in [-0.05, 0) is 31.1 Å². The van der Waals surface area contributed by atoms with E-state index in [-0.39, 0.29) is 12.3 Å². The minimum Gasteiger partial charge on any atom is -0.275 e. The molecular weight excluding hydrogens is 241 g/mol. The summed E-state index contributed by atoms with van der Waals surface area (Å²) >= 11 is 0. The number of rotatable bonds is 1. The highest BCUT2D eigenvalue weighted by molar-refractivity contribution is 7.85. The highest BCUT2D eigenvalue weighted by atomic mass is 32.2. The Balaban J connectivity index is 2.26. The molecule has 3 nitrogen and oxygen atoms in total. The summed E-state index contributed by atoms with van der Waals surface area (Å²) in [6.07, 6.45) is 6.31. The van der Waals surface area contributed by atoms with Crippen molar-refractivity contribution in [3.63, 3.8) is 0 Å². The fourth-order valence-electron chi connectivity index (χ4n) is 1.93. The van der Waals surface area contributed by atoms with Crippen LogP contribution in [0.4, 0.5) is 4.39 Å². The number of carbonyl (C=O) groups is 1. The zero-order valence-corrected chi connectivity index (χ0v) is 10.3. The molecule has 17 heavy (non-hydrogen) atoms. The molecule has 3 unspecified atom stereocenters. The molecule has 2 aliphatic rings. The summed E-state index contributed by atoms with van der Waals surface area (Å²) in [5, 5.41) is -0.427. The highest BCUT2D eigenvalue weighted by Gasteiger charge is 2.31. The number of halogens is 1. The van der Waals surface area contributed by atoms with Crippen molar-refractivity contribution in [2.45, 2.75) is 31.2 Å². The van der Waals surface area contributed by atoms with Crippen LogP contribution >= 0.6 is 0 Å². The Hall–Kier alpha value is -1.23. The first kappa shape index (κ1) is 12.2. The Bertz CT molecular complexity index is 453. The van der Waals surface area contributed by atoms with E-state index in [4.69, 9.17) is 0 Å². The molecule has 5 heteroatoms. The number of carbonyl (C=O) groups excluding carboxylic acids is 1. The van der Waals surface area contributed by atoms with E-state index in [1.165, 1.54) is 12.2 Å². The van der Waals surface area contributed by atoms with E-state index in [1.54, 1.807) is 6.08 Å². The minimum absolute atomic E-state index is 0.165. The molecule has 0 saturated carbocycles. The molecule has 1 aliphatic heterocycles. The van der Waals surface area contributed by atoms with Crippen LogP contribution in [0.3, 0.4) is 0 Å². The lowest BCUT2D eigenvalue weighted by molar-refractivity contribution is -0.118.